The largest absolute Gasteiger partial charge is 0.445 e. The van der Waals surface area contributed by atoms with Gasteiger partial charge in [-0.25, -0.2) is 9.24 Å². The summed E-state index contributed by atoms with van der Waals surface area (Å²) in [6.45, 7) is 6.79. The molecule has 0 N–H and O–H groups in total. The SMILES string of the molecule is CCN(CC)P(=O)(F)O[C@H]1CCCC[C@@H]1[N+]1(C)CCCC1. The molecule has 21 heavy (non-hydrogen) atoms. The highest BCUT2D eigenvalue weighted by atomic mass is 31.2. The number of likely N-dealkylation sites (tertiary alicyclic amines) is 1. The zero-order chi connectivity index (χ0) is 15.5. The fraction of sp³-hybridized carbons (Fsp3) is 1.00. The van der Waals surface area contributed by atoms with Crippen molar-refractivity contribution < 1.29 is 17.8 Å². The van der Waals surface area contributed by atoms with E-state index in [0.717, 1.165) is 36.8 Å². The van der Waals surface area contributed by atoms with Crippen LogP contribution >= 0.6 is 7.83 Å². The molecule has 1 heterocycles. The van der Waals surface area contributed by atoms with Gasteiger partial charge in [0, 0.05) is 32.4 Å². The zero-order valence-electron chi connectivity index (χ0n) is 13.8. The van der Waals surface area contributed by atoms with E-state index in [1.165, 1.54) is 23.9 Å². The van der Waals surface area contributed by atoms with Gasteiger partial charge in [0.05, 0.1) is 20.1 Å². The van der Waals surface area contributed by atoms with Crippen molar-refractivity contribution in [2.75, 3.05) is 33.2 Å². The van der Waals surface area contributed by atoms with Gasteiger partial charge in [-0.3, -0.25) is 4.52 Å². The lowest BCUT2D eigenvalue weighted by atomic mass is 9.90. The number of likely N-dealkylation sites (N-methyl/N-ethyl adjacent to an activating group) is 1. The van der Waals surface area contributed by atoms with Crippen LogP contribution in [0.25, 0.3) is 0 Å². The Bertz CT molecular complexity index is 384. The van der Waals surface area contributed by atoms with Crippen LogP contribution in [0.5, 0.6) is 0 Å². The third-order valence-electron chi connectivity index (χ3n) is 5.39. The summed E-state index contributed by atoms with van der Waals surface area (Å²) in [7, 11) is -1.89. The normalized spacial score (nSPS) is 32.2. The minimum absolute atomic E-state index is 0.196. The summed E-state index contributed by atoms with van der Waals surface area (Å²) in [5.74, 6) is 0. The molecule has 1 aliphatic carbocycles. The first-order valence-electron chi connectivity index (χ1n) is 8.50. The summed E-state index contributed by atoms with van der Waals surface area (Å²) in [5.41, 5.74) is 0. The molecular weight excluding hydrogens is 290 g/mol. The van der Waals surface area contributed by atoms with Crippen LogP contribution in [0.1, 0.15) is 52.4 Å². The highest BCUT2D eigenvalue weighted by molar-refractivity contribution is 7.50. The van der Waals surface area contributed by atoms with E-state index in [1.807, 2.05) is 13.8 Å². The summed E-state index contributed by atoms with van der Waals surface area (Å²) in [6.07, 6.45) is 6.43. The fourth-order valence-electron chi connectivity index (χ4n) is 4.10. The number of halogens is 1. The van der Waals surface area contributed by atoms with Gasteiger partial charge in [-0.1, -0.05) is 20.3 Å². The van der Waals surface area contributed by atoms with Crippen molar-refractivity contribution in [1.29, 1.82) is 0 Å². The molecule has 1 saturated carbocycles. The predicted molar refractivity (Wildman–Crippen MR) is 83.9 cm³/mol. The Balaban J connectivity index is 2.10. The standard InChI is InChI=1S/C15H31FN2O2P/c1-4-17(5-2)21(16,19)20-15-11-7-6-10-14(15)18(3)12-8-9-13-18/h14-15H,4-13H2,1-3H3/q+1/t14-,15-,21?/m0/s1. The van der Waals surface area contributed by atoms with E-state index in [9.17, 15) is 8.76 Å². The van der Waals surface area contributed by atoms with Gasteiger partial charge in [-0.2, -0.15) is 0 Å². The highest BCUT2D eigenvalue weighted by Gasteiger charge is 2.46. The van der Waals surface area contributed by atoms with Crippen LogP contribution in [0.15, 0.2) is 0 Å². The molecule has 0 aromatic carbocycles. The first-order chi connectivity index (χ1) is 9.93. The maximum atomic E-state index is 14.6. The Morgan fingerprint density at radius 3 is 2.29 bits per heavy atom. The van der Waals surface area contributed by atoms with Crippen molar-refractivity contribution in [3.05, 3.63) is 0 Å². The summed E-state index contributed by atoms with van der Waals surface area (Å²) in [4.78, 5) is 0. The average molecular weight is 321 g/mol. The second kappa shape index (κ2) is 7.08. The van der Waals surface area contributed by atoms with Crippen molar-refractivity contribution in [2.24, 2.45) is 0 Å². The molecule has 0 aromatic rings. The molecule has 6 heteroatoms. The van der Waals surface area contributed by atoms with Gasteiger partial charge in [0.2, 0.25) is 0 Å². The number of nitrogens with zero attached hydrogens (tertiary/aromatic N) is 2. The average Bonchev–Trinajstić information content (AvgIpc) is 2.88. The first kappa shape index (κ1) is 17.4. The van der Waals surface area contributed by atoms with Gasteiger partial charge in [0.25, 0.3) is 0 Å². The summed E-state index contributed by atoms with van der Waals surface area (Å²) >= 11 is 0. The summed E-state index contributed by atoms with van der Waals surface area (Å²) in [6, 6.07) is 0.306. The molecule has 2 aliphatic rings. The van der Waals surface area contributed by atoms with Crippen molar-refractivity contribution in [3.8, 4) is 0 Å². The van der Waals surface area contributed by atoms with Crippen LogP contribution in [-0.4, -0.2) is 54.5 Å². The molecule has 2 rings (SSSR count). The third-order valence-corrected chi connectivity index (χ3v) is 7.16. The van der Waals surface area contributed by atoms with Gasteiger partial charge in [-0.15, -0.1) is 4.20 Å². The molecule has 124 valence electrons. The molecule has 0 spiro atoms. The van der Waals surface area contributed by atoms with E-state index in [4.69, 9.17) is 4.52 Å². The van der Waals surface area contributed by atoms with Crippen molar-refractivity contribution >= 4 is 7.83 Å². The zero-order valence-corrected chi connectivity index (χ0v) is 14.7. The molecule has 2 fully saturated rings. The van der Waals surface area contributed by atoms with Crippen LogP contribution in [0.2, 0.25) is 0 Å². The predicted octanol–water partition coefficient (Wildman–Crippen LogP) is 3.97. The van der Waals surface area contributed by atoms with E-state index in [0.29, 0.717) is 19.1 Å². The van der Waals surface area contributed by atoms with E-state index in [2.05, 4.69) is 7.05 Å². The van der Waals surface area contributed by atoms with Crippen LogP contribution in [0.4, 0.5) is 4.20 Å². The quantitative estimate of drug-likeness (QED) is 0.547. The molecule has 0 bridgehead atoms. The molecular formula is C15H31FN2O2P+. The maximum absolute atomic E-state index is 14.6. The van der Waals surface area contributed by atoms with Crippen LogP contribution in [-0.2, 0) is 9.09 Å². The molecule has 3 atom stereocenters. The second-order valence-corrected chi connectivity index (χ2v) is 8.40. The summed E-state index contributed by atoms with van der Waals surface area (Å²) in [5, 5.41) is 0. The Morgan fingerprint density at radius 2 is 1.71 bits per heavy atom. The Hall–Kier alpha value is 0.0400. The molecule has 1 unspecified atom stereocenters. The monoisotopic (exact) mass is 321 g/mol. The van der Waals surface area contributed by atoms with Crippen LogP contribution in [0.3, 0.4) is 0 Å². The number of quaternary nitrogens is 1. The van der Waals surface area contributed by atoms with Crippen molar-refractivity contribution in [1.82, 2.24) is 4.67 Å². The van der Waals surface area contributed by atoms with Crippen molar-refractivity contribution in [3.63, 3.8) is 0 Å². The van der Waals surface area contributed by atoms with Crippen LogP contribution < -0.4 is 0 Å². The van der Waals surface area contributed by atoms with Gasteiger partial charge in [-0.05, 0) is 12.8 Å². The molecule has 0 radical (unpaired) electrons. The Labute approximate surface area is 128 Å². The number of hydrogen-bond acceptors (Lipinski definition) is 2. The van der Waals surface area contributed by atoms with E-state index < -0.39 is 7.83 Å². The minimum atomic E-state index is -4.16. The molecule has 1 saturated heterocycles. The van der Waals surface area contributed by atoms with Gasteiger partial charge < -0.3 is 4.48 Å². The number of rotatable bonds is 6. The van der Waals surface area contributed by atoms with E-state index in [-0.39, 0.29) is 6.10 Å². The topological polar surface area (TPSA) is 29.5 Å². The fourth-order valence-corrected chi connectivity index (χ4v) is 5.49. The van der Waals surface area contributed by atoms with Crippen LogP contribution in [0, 0.1) is 0 Å². The summed E-state index contributed by atoms with van der Waals surface area (Å²) < 4.78 is 34.8. The Kier molecular flexibility index (Phi) is 5.86. The lowest BCUT2D eigenvalue weighted by Gasteiger charge is -2.44. The van der Waals surface area contributed by atoms with Crippen molar-refractivity contribution in [2.45, 2.75) is 64.5 Å². The van der Waals surface area contributed by atoms with Gasteiger partial charge >= 0.3 is 7.83 Å². The third kappa shape index (κ3) is 3.87. The maximum Gasteiger partial charge on any atom is 0.445 e. The highest BCUT2D eigenvalue weighted by Crippen LogP contribution is 2.55. The Morgan fingerprint density at radius 1 is 1.14 bits per heavy atom. The molecule has 0 amide bonds. The van der Waals surface area contributed by atoms with E-state index in [1.54, 1.807) is 0 Å². The number of hydrogen-bond donors (Lipinski definition) is 0. The molecule has 0 aromatic heterocycles. The lowest BCUT2D eigenvalue weighted by Crippen LogP contribution is -2.57. The van der Waals surface area contributed by atoms with E-state index >= 15 is 0 Å². The first-order valence-corrected chi connectivity index (χ1v) is 9.97. The lowest BCUT2D eigenvalue weighted by molar-refractivity contribution is -0.926. The van der Waals surface area contributed by atoms with Gasteiger partial charge in [0.1, 0.15) is 12.1 Å². The molecule has 4 nitrogen and oxygen atoms in total. The molecule has 1 aliphatic heterocycles. The van der Waals surface area contributed by atoms with Gasteiger partial charge in [0.15, 0.2) is 0 Å². The second-order valence-electron chi connectivity index (χ2n) is 6.72. The smallest absolute Gasteiger partial charge is 0.321 e. The minimum Gasteiger partial charge on any atom is -0.321 e.